The Labute approximate surface area is 148 Å². The van der Waals surface area contributed by atoms with Crippen LogP contribution in [-0.4, -0.2) is 18.0 Å². The van der Waals surface area contributed by atoms with Crippen molar-refractivity contribution in [3.8, 4) is 5.75 Å². The zero-order valence-corrected chi connectivity index (χ0v) is 14.5. The van der Waals surface area contributed by atoms with Crippen molar-refractivity contribution < 1.29 is 22.3 Å². The molecule has 3 rings (SSSR count). The van der Waals surface area contributed by atoms with E-state index in [1.54, 1.807) is 32.0 Å². The van der Waals surface area contributed by atoms with Crippen molar-refractivity contribution in [2.24, 2.45) is 4.99 Å². The van der Waals surface area contributed by atoms with Gasteiger partial charge < -0.3 is 10.1 Å². The van der Waals surface area contributed by atoms with Gasteiger partial charge in [-0.2, -0.15) is 13.2 Å². The number of fused-ring (bicyclic) bond motifs is 1. The number of aliphatic imine (C=N–C) groups is 1. The van der Waals surface area contributed by atoms with Gasteiger partial charge in [-0.1, -0.05) is 0 Å². The van der Waals surface area contributed by atoms with Crippen LogP contribution in [0.4, 0.5) is 23.2 Å². The Kier molecular flexibility index (Phi) is 4.42. The Morgan fingerprint density at radius 1 is 1.12 bits per heavy atom. The molecule has 0 atom stereocenters. The fourth-order valence-corrected chi connectivity index (χ4v) is 2.85. The summed E-state index contributed by atoms with van der Waals surface area (Å²) >= 11 is 0. The van der Waals surface area contributed by atoms with E-state index in [-0.39, 0.29) is 5.56 Å². The van der Waals surface area contributed by atoms with Gasteiger partial charge in [0.05, 0.1) is 11.3 Å². The number of hydrogen-bond donors (Lipinski definition) is 1. The molecule has 0 saturated carbocycles. The molecule has 0 bridgehead atoms. The molecule has 26 heavy (non-hydrogen) atoms. The molecule has 138 valence electrons. The maximum Gasteiger partial charge on any atom is 0.419 e. The standard InChI is InChI=1S/C19H18F4N2O/c1-4-24-12-6-7-13-16(10-12)26-18(2,3)25-17(13)11-5-8-15(20)14(9-11)19(21,22)23/h5-10,24H,4H2,1-3H3. The molecule has 0 saturated heterocycles. The number of rotatable bonds is 3. The highest BCUT2D eigenvalue weighted by Crippen LogP contribution is 2.37. The van der Waals surface area contributed by atoms with Crippen molar-refractivity contribution in [1.82, 2.24) is 0 Å². The van der Waals surface area contributed by atoms with Crippen LogP contribution in [0.5, 0.6) is 5.75 Å². The summed E-state index contributed by atoms with van der Waals surface area (Å²) in [7, 11) is 0. The summed E-state index contributed by atoms with van der Waals surface area (Å²) in [6.07, 6.45) is -4.78. The molecule has 0 spiro atoms. The molecule has 0 aliphatic carbocycles. The Bertz CT molecular complexity index is 872. The number of alkyl halides is 3. The van der Waals surface area contributed by atoms with E-state index in [0.717, 1.165) is 24.4 Å². The fraction of sp³-hybridized carbons (Fsp3) is 0.316. The Balaban J connectivity index is 2.15. The van der Waals surface area contributed by atoms with Crippen LogP contribution >= 0.6 is 0 Å². The summed E-state index contributed by atoms with van der Waals surface area (Å²) in [5.74, 6) is -0.799. The quantitative estimate of drug-likeness (QED) is 0.754. The van der Waals surface area contributed by atoms with E-state index in [1.807, 2.05) is 6.92 Å². The van der Waals surface area contributed by atoms with Gasteiger partial charge in [0.25, 0.3) is 0 Å². The summed E-state index contributed by atoms with van der Waals surface area (Å²) in [5, 5.41) is 3.16. The maximum absolute atomic E-state index is 13.6. The van der Waals surface area contributed by atoms with Gasteiger partial charge in [0, 0.05) is 29.4 Å². The first-order valence-corrected chi connectivity index (χ1v) is 8.15. The summed E-state index contributed by atoms with van der Waals surface area (Å²) < 4.78 is 58.7. The number of nitrogens with zero attached hydrogens (tertiary/aromatic N) is 1. The largest absolute Gasteiger partial charge is 0.466 e. The fourth-order valence-electron chi connectivity index (χ4n) is 2.85. The van der Waals surface area contributed by atoms with Gasteiger partial charge >= 0.3 is 6.18 Å². The first-order valence-electron chi connectivity index (χ1n) is 8.15. The van der Waals surface area contributed by atoms with E-state index in [1.165, 1.54) is 6.07 Å². The highest BCUT2D eigenvalue weighted by Gasteiger charge is 2.35. The second-order valence-corrected chi connectivity index (χ2v) is 6.44. The molecule has 7 heteroatoms. The Morgan fingerprint density at radius 3 is 2.50 bits per heavy atom. The minimum Gasteiger partial charge on any atom is -0.466 e. The molecule has 0 unspecified atom stereocenters. The topological polar surface area (TPSA) is 33.6 Å². The van der Waals surface area contributed by atoms with E-state index in [0.29, 0.717) is 17.0 Å². The van der Waals surface area contributed by atoms with Crippen LogP contribution in [0.3, 0.4) is 0 Å². The van der Waals surface area contributed by atoms with Crippen molar-refractivity contribution in [2.45, 2.75) is 32.7 Å². The van der Waals surface area contributed by atoms with Crippen molar-refractivity contribution in [1.29, 1.82) is 0 Å². The third-order valence-electron chi connectivity index (χ3n) is 3.90. The minimum absolute atomic E-state index is 0.188. The highest BCUT2D eigenvalue weighted by molar-refractivity contribution is 6.15. The first-order chi connectivity index (χ1) is 12.1. The SMILES string of the molecule is CCNc1ccc2c(c1)OC(C)(C)N=C2c1ccc(F)c(C(F)(F)F)c1. The molecular formula is C19H18F4N2O. The van der Waals surface area contributed by atoms with Crippen LogP contribution in [-0.2, 0) is 6.18 Å². The molecule has 3 nitrogen and oxygen atoms in total. The number of halogens is 4. The molecule has 0 fully saturated rings. The van der Waals surface area contributed by atoms with Crippen molar-refractivity contribution in [3.05, 3.63) is 58.9 Å². The van der Waals surface area contributed by atoms with E-state index >= 15 is 0 Å². The number of hydrogen-bond acceptors (Lipinski definition) is 3. The molecule has 1 aliphatic rings. The summed E-state index contributed by atoms with van der Waals surface area (Å²) in [6.45, 7) is 6.10. The molecule has 2 aromatic carbocycles. The first kappa shape index (κ1) is 18.2. The van der Waals surface area contributed by atoms with E-state index in [4.69, 9.17) is 4.74 Å². The summed E-state index contributed by atoms with van der Waals surface area (Å²) in [4.78, 5) is 4.44. The Hall–Kier alpha value is -2.57. The van der Waals surface area contributed by atoms with Crippen LogP contribution in [0, 0.1) is 5.82 Å². The molecule has 1 aliphatic heterocycles. The van der Waals surface area contributed by atoms with Gasteiger partial charge in [-0.15, -0.1) is 0 Å². The number of nitrogens with one attached hydrogen (secondary N) is 1. The van der Waals surface area contributed by atoms with Crippen LogP contribution in [0.1, 0.15) is 37.5 Å². The van der Waals surface area contributed by atoms with Gasteiger partial charge in [0.1, 0.15) is 11.6 Å². The molecule has 0 radical (unpaired) electrons. The van der Waals surface area contributed by atoms with Gasteiger partial charge in [-0.3, -0.25) is 0 Å². The zero-order chi connectivity index (χ0) is 19.1. The van der Waals surface area contributed by atoms with E-state index in [9.17, 15) is 17.6 Å². The normalized spacial score (nSPS) is 15.7. The maximum atomic E-state index is 13.6. The molecule has 0 aromatic heterocycles. The molecule has 0 amide bonds. The highest BCUT2D eigenvalue weighted by atomic mass is 19.4. The van der Waals surface area contributed by atoms with Crippen LogP contribution in [0.2, 0.25) is 0 Å². The number of benzene rings is 2. The van der Waals surface area contributed by atoms with Crippen LogP contribution in [0.15, 0.2) is 41.4 Å². The van der Waals surface area contributed by atoms with Gasteiger partial charge in [0.2, 0.25) is 0 Å². The van der Waals surface area contributed by atoms with Crippen LogP contribution < -0.4 is 10.1 Å². The molecule has 2 aromatic rings. The summed E-state index contributed by atoms with van der Waals surface area (Å²) in [6, 6.07) is 8.22. The average molecular weight is 366 g/mol. The minimum atomic E-state index is -4.78. The lowest BCUT2D eigenvalue weighted by Gasteiger charge is -2.30. The second kappa shape index (κ2) is 6.30. The predicted molar refractivity (Wildman–Crippen MR) is 92.4 cm³/mol. The lowest BCUT2D eigenvalue weighted by Crippen LogP contribution is -2.32. The zero-order valence-electron chi connectivity index (χ0n) is 14.5. The second-order valence-electron chi connectivity index (χ2n) is 6.44. The number of ether oxygens (including phenoxy) is 1. The summed E-state index contributed by atoms with van der Waals surface area (Å²) in [5.41, 5.74) is -0.353. The van der Waals surface area contributed by atoms with Crippen LogP contribution in [0.25, 0.3) is 0 Å². The molecular weight excluding hydrogens is 348 g/mol. The van der Waals surface area contributed by atoms with E-state index < -0.39 is 23.3 Å². The lowest BCUT2D eigenvalue weighted by atomic mass is 9.97. The smallest absolute Gasteiger partial charge is 0.419 e. The predicted octanol–water partition coefficient (Wildman–Crippen LogP) is 5.24. The van der Waals surface area contributed by atoms with Crippen molar-refractivity contribution in [2.75, 3.05) is 11.9 Å². The van der Waals surface area contributed by atoms with Gasteiger partial charge in [-0.05, 0) is 51.1 Å². The van der Waals surface area contributed by atoms with Crippen molar-refractivity contribution in [3.63, 3.8) is 0 Å². The monoisotopic (exact) mass is 366 g/mol. The third-order valence-corrected chi connectivity index (χ3v) is 3.90. The molecule has 1 heterocycles. The van der Waals surface area contributed by atoms with Gasteiger partial charge in [-0.25, -0.2) is 9.38 Å². The lowest BCUT2D eigenvalue weighted by molar-refractivity contribution is -0.140. The van der Waals surface area contributed by atoms with Gasteiger partial charge in [0.15, 0.2) is 5.72 Å². The number of anilines is 1. The Morgan fingerprint density at radius 2 is 1.85 bits per heavy atom. The average Bonchev–Trinajstić information content (AvgIpc) is 2.52. The third kappa shape index (κ3) is 3.52. The van der Waals surface area contributed by atoms with Crippen molar-refractivity contribution >= 4 is 11.4 Å². The van der Waals surface area contributed by atoms with E-state index in [2.05, 4.69) is 10.3 Å². The molecule has 1 N–H and O–H groups in total.